The number of para-hydroxylation sites is 1. The van der Waals surface area contributed by atoms with Gasteiger partial charge in [-0.1, -0.05) is 42.8 Å². The standard InChI is InChI=1S/C42H48ClN9O5/c1-26-24-50(17-16-31(26)28-8-10-29(11-9-28)45-36-14-15-38(54)48-41(36)56)25-39(55)52-20-18-51(19-21-52)30-12-13-35(37(22-30)57-3)47-42-44-23-33(43)40(49-42)46-34-7-5-4-6-32(34)27(2)53/h4-13,22-23,26,31,36,45H,14-21,24-25H2,1-3H3,(H,48,54,56)(H2,44,46,47,49)/t26-,31?,36?/m1/s1. The number of imide groups is 1. The normalized spacial score (nSPS) is 20.1. The van der Waals surface area contributed by atoms with Gasteiger partial charge in [-0.2, -0.15) is 4.98 Å². The number of ketones is 1. The highest BCUT2D eigenvalue weighted by Crippen LogP contribution is 2.35. The third kappa shape index (κ3) is 9.46. The van der Waals surface area contributed by atoms with Crippen LogP contribution in [0.5, 0.6) is 5.75 Å². The van der Waals surface area contributed by atoms with E-state index in [1.165, 1.54) is 18.7 Å². The highest BCUT2D eigenvalue weighted by Gasteiger charge is 2.31. The van der Waals surface area contributed by atoms with E-state index in [9.17, 15) is 19.2 Å². The number of aromatic nitrogens is 2. The van der Waals surface area contributed by atoms with Gasteiger partial charge in [0.2, 0.25) is 23.7 Å². The molecule has 3 aliphatic rings. The van der Waals surface area contributed by atoms with Crippen LogP contribution in [0, 0.1) is 5.92 Å². The zero-order valence-corrected chi connectivity index (χ0v) is 33.1. The highest BCUT2D eigenvalue weighted by atomic mass is 35.5. The molecule has 4 heterocycles. The van der Waals surface area contributed by atoms with Crippen LogP contribution in [0.1, 0.15) is 54.9 Å². The first kappa shape index (κ1) is 39.5. The second-order valence-corrected chi connectivity index (χ2v) is 15.3. The Morgan fingerprint density at radius 2 is 1.72 bits per heavy atom. The Morgan fingerprint density at radius 1 is 0.947 bits per heavy atom. The Bertz CT molecular complexity index is 2130. The van der Waals surface area contributed by atoms with E-state index >= 15 is 0 Å². The molecule has 7 rings (SSSR count). The summed E-state index contributed by atoms with van der Waals surface area (Å²) in [4.78, 5) is 64.6. The first-order valence-corrected chi connectivity index (χ1v) is 19.7. The molecule has 3 aromatic carbocycles. The Morgan fingerprint density at radius 3 is 2.44 bits per heavy atom. The lowest BCUT2D eigenvalue weighted by Crippen LogP contribution is -2.52. The smallest absolute Gasteiger partial charge is 0.249 e. The maximum Gasteiger partial charge on any atom is 0.249 e. The number of carbonyl (C=O) groups is 4. The number of halogens is 1. The number of ether oxygens (including phenoxy) is 1. The largest absolute Gasteiger partial charge is 0.494 e. The molecule has 14 nitrogen and oxygen atoms in total. The van der Waals surface area contributed by atoms with Gasteiger partial charge in [0.15, 0.2) is 11.6 Å². The molecule has 4 aromatic rings. The van der Waals surface area contributed by atoms with Crippen LogP contribution in [0.4, 0.5) is 34.5 Å². The number of carbonyl (C=O) groups excluding carboxylic acids is 4. The maximum atomic E-state index is 13.5. The predicted molar refractivity (Wildman–Crippen MR) is 221 cm³/mol. The molecule has 0 aliphatic carbocycles. The Kier molecular flexibility index (Phi) is 12.2. The minimum absolute atomic E-state index is 0.0776. The molecule has 3 aliphatic heterocycles. The van der Waals surface area contributed by atoms with Crippen LogP contribution in [0.3, 0.4) is 0 Å². The zero-order valence-electron chi connectivity index (χ0n) is 32.4. The first-order chi connectivity index (χ1) is 27.5. The van der Waals surface area contributed by atoms with Gasteiger partial charge in [-0.15, -0.1) is 0 Å². The van der Waals surface area contributed by atoms with E-state index in [1.54, 1.807) is 25.3 Å². The number of piperidine rings is 2. The number of amides is 3. The number of likely N-dealkylation sites (tertiary alicyclic amines) is 1. The number of anilines is 6. The lowest BCUT2D eigenvalue weighted by molar-refractivity contribution is -0.134. The van der Waals surface area contributed by atoms with Gasteiger partial charge in [0.25, 0.3) is 0 Å². The first-order valence-electron chi connectivity index (χ1n) is 19.3. The summed E-state index contributed by atoms with van der Waals surface area (Å²) in [6.45, 7) is 8.53. The van der Waals surface area contributed by atoms with Crippen LogP contribution < -0.4 is 30.9 Å². The van der Waals surface area contributed by atoms with Crippen molar-refractivity contribution in [3.63, 3.8) is 0 Å². The van der Waals surface area contributed by atoms with Gasteiger partial charge in [0, 0.05) is 62.1 Å². The summed E-state index contributed by atoms with van der Waals surface area (Å²) < 4.78 is 5.75. The van der Waals surface area contributed by atoms with E-state index in [1.807, 2.05) is 41.3 Å². The molecule has 298 valence electrons. The molecule has 3 saturated heterocycles. The molecular weight excluding hydrogens is 746 g/mol. The van der Waals surface area contributed by atoms with E-state index in [2.05, 4.69) is 60.1 Å². The average molecular weight is 794 g/mol. The van der Waals surface area contributed by atoms with Gasteiger partial charge in [-0.25, -0.2) is 4.98 Å². The summed E-state index contributed by atoms with van der Waals surface area (Å²) in [5.74, 6) is 1.61. The van der Waals surface area contributed by atoms with Crippen molar-refractivity contribution in [3.05, 3.63) is 89.1 Å². The van der Waals surface area contributed by atoms with Gasteiger partial charge < -0.3 is 30.5 Å². The average Bonchev–Trinajstić information content (AvgIpc) is 3.21. The molecule has 3 fully saturated rings. The second kappa shape index (κ2) is 17.6. The van der Waals surface area contributed by atoms with Crippen molar-refractivity contribution in [3.8, 4) is 5.75 Å². The number of Topliss-reactive ketones (excluding diaryl/α,β-unsaturated/α-hetero) is 1. The third-order valence-electron chi connectivity index (χ3n) is 11.0. The number of nitrogens with zero attached hydrogens (tertiary/aromatic N) is 5. The fourth-order valence-corrected chi connectivity index (χ4v) is 8.02. The molecule has 4 N–H and O–H groups in total. The van der Waals surface area contributed by atoms with E-state index in [-0.39, 0.29) is 23.5 Å². The zero-order chi connectivity index (χ0) is 40.1. The van der Waals surface area contributed by atoms with Crippen molar-refractivity contribution >= 4 is 69.6 Å². The van der Waals surface area contributed by atoms with E-state index < -0.39 is 6.04 Å². The molecule has 57 heavy (non-hydrogen) atoms. The molecule has 0 saturated carbocycles. The van der Waals surface area contributed by atoms with Crippen molar-refractivity contribution in [1.29, 1.82) is 0 Å². The SMILES string of the molecule is COc1cc(N2CCN(C(=O)CN3CCC(c4ccc(NC5CCC(=O)NC5=O)cc4)[C@H](C)C3)CC2)ccc1Nc1ncc(Cl)c(Nc2ccccc2C(C)=O)n1. The van der Waals surface area contributed by atoms with Gasteiger partial charge in [0.1, 0.15) is 16.8 Å². The molecule has 0 spiro atoms. The molecule has 2 unspecified atom stereocenters. The number of benzene rings is 3. The number of nitrogens with one attached hydrogen (secondary N) is 4. The van der Waals surface area contributed by atoms with Crippen molar-refractivity contribution in [2.45, 2.75) is 45.1 Å². The van der Waals surface area contributed by atoms with Crippen LogP contribution in [0.25, 0.3) is 0 Å². The second-order valence-electron chi connectivity index (χ2n) is 14.9. The quantitative estimate of drug-likeness (QED) is 0.101. The summed E-state index contributed by atoms with van der Waals surface area (Å²) in [5.41, 5.74) is 4.90. The van der Waals surface area contributed by atoms with Crippen LogP contribution in [-0.2, 0) is 14.4 Å². The van der Waals surface area contributed by atoms with Crippen LogP contribution >= 0.6 is 11.6 Å². The summed E-state index contributed by atoms with van der Waals surface area (Å²) in [7, 11) is 1.61. The van der Waals surface area contributed by atoms with E-state index in [0.717, 1.165) is 30.9 Å². The fraction of sp³-hybridized carbons (Fsp3) is 0.381. The molecule has 3 atom stereocenters. The van der Waals surface area contributed by atoms with Crippen molar-refractivity contribution in [2.75, 3.05) is 73.8 Å². The summed E-state index contributed by atoms with van der Waals surface area (Å²) in [6.07, 6.45) is 3.29. The van der Waals surface area contributed by atoms with Gasteiger partial charge in [0.05, 0.1) is 31.2 Å². The Balaban J connectivity index is 0.889. The third-order valence-corrected chi connectivity index (χ3v) is 11.3. The van der Waals surface area contributed by atoms with E-state index in [0.29, 0.717) is 96.9 Å². The van der Waals surface area contributed by atoms with Gasteiger partial charge in [-0.05, 0) is 80.1 Å². The van der Waals surface area contributed by atoms with Crippen molar-refractivity contribution in [2.24, 2.45) is 5.92 Å². The van der Waals surface area contributed by atoms with Crippen molar-refractivity contribution < 1.29 is 23.9 Å². The summed E-state index contributed by atoms with van der Waals surface area (Å²) in [6, 6.07) is 20.9. The lowest BCUT2D eigenvalue weighted by Gasteiger charge is -2.40. The topological polar surface area (TPSA) is 161 Å². The Labute approximate surface area is 337 Å². The molecule has 3 amide bonds. The Hall–Kier alpha value is -5.73. The number of hydrogen-bond acceptors (Lipinski definition) is 12. The lowest BCUT2D eigenvalue weighted by atomic mass is 9.81. The van der Waals surface area contributed by atoms with Crippen LogP contribution in [-0.4, -0.2) is 102 Å². The predicted octanol–water partition coefficient (Wildman–Crippen LogP) is 5.82. The summed E-state index contributed by atoms with van der Waals surface area (Å²) >= 11 is 6.42. The van der Waals surface area contributed by atoms with Crippen molar-refractivity contribution in [1.82, 2.24) is 25.1 Å². The maximum absolute atomic E-state index is 13.5. The number of piperazine rings is 1. The number of rotatable bonds is 12. The monoisotopic (exact) mass is 793 g/mol. The number of hydrogen-bond donors (Lipinski definition) is 4. The molecule has 0 bridgehead atoms. The van der Waals surface area contributed by atoms with Crippen LogP contribution in [0.2, 0.25) is 5.02 Å². The minimum Gasteiger partial charge on any atom is -0.494 e. The van der Waals surface area contributed by atoms with Gasteiger partial charge in [-0.3, -0.25) is 29.4 Å². The highest BCUT2D eigenvalue weighted by molar-refractivity contribution is 6.33. The molecule has 15 heteroatoms. The number of methoxy groups -OCH3 is 1. The molecule has 1 aromatic heterocycles. The summed E-state index contributed by atoms with van der Waals surface area (Å²) in [5, 5.41) is 12.3. The molecule has 0 radical (unpaired) electrons. The van der Waals surface area contributed by atoms with Gasteiger partial charge >= 0.3 is 0 Å². The van der Waals surface area contributed by atoms with E-state index in [4.69, 9.17) is 16.3 Å². The minimum atomic E-state index is -0.406. The fourth-order valence-electron chi connectivity index (χ4n) is 7.88. The van der Waals surface area contributed by atoms with Crippen LogP contribution in [0.15, 0.2) is 72.9 Å². The molecular formula is C42H48ClN9O5.